The van der Waals surface area contributed by atoms with E-state index in [1.807, 2.05) is 0 Å². The number of hydrogen-bond acceptors (Lipinski definition) is 5. The van der Waals surface area contributed by atoms with Gasteiger partial charge in [0, 0.05) is 18.2 Å². The summed E-state index contributed by atoms with van der Waals surface area (Å²) in [4.78, 5) is 10.2. The lowest BCUT2D eigenvalue weighted by atomic mass is 9.67. The SMILES string of the molecule is NC1CC2CCCC(C1)C2NS(=O)(=O)c1ccccc1[N+](=O)[O-]. The van der Waals surface area contributed by atoms with Crippen LogP contribution in [0.1, 0.15) is 32.1 Å². The first-order chi connectivity index (χ1) is 10.9. The lowest BCUT2D eigenvalue weighted by molar-refractivity contribution is -0.387. The molecule has 0 radical (unpaired) electrons. The van der Waals surface area contributed by atoms with Crippen LogP contribution in [0.2, 0.25) is 0 Å². The second kappa shape index (κ2) is 6.18. The van der Waals surface area contributed by atoms with Crippen LogP contribution < -0.4 is 10.5 Å². The fraction of sp³-hybridized carbons (Fsp3) is 0.600. The first-order valence-corrected chi connectivity index (χ1v) is 9.38. The van der Waals surface area contributed by atoms with Crippen LogP contribution in [0.25, 0.3) is 0 Å². The zero-order chi connectivity index (χ0) is 16.6. The molecule has 2 bridgehead atoms. The van der Waals surface area contributed by atoms with Gasteiger partial charge in [-0.2, -0.15) is 0 Å². The summed E-state index contributed by atoms with van der Waals surface area (Å²) < 4.78 is 28.1. The van der Waals surface area contributed by atoms with E-state index in [2.05, 4.69) is 4.72 Å². The van der Waals surface area contributed by atoms with Crippen LogP contribution in [0.4, 0.5) is 5.69 Å². The van der Waals surface area contributed by atoms with Gasteiger partial charge in [-0.05, 0) is 43.6 Å². The first-order valence-electron chi connectivity index (χ1n) is 7.90. The molecule has 8 heteroatoms. The van der Waals surface area contributed by atoms with Gasteiger partial charge in [-0.3, -0.25) is 10.1 Å². The molecule has 2 atom stereocenters. The predicted molar refractivity (Wildman–Crippen MR) is 85.2 cm³/mol. The highest BCUT2D eigenvalue weighted by Gasteiger charge is 2.42. The third kappa shape index (κ3) is 3.24. The van der Waals surface area contributed by atoms with E-state index in [1.54, 1.807) is 0 Å². The molecule has 126 valence electrons. The van der Waals surface area contributed by atoms with Crippen molar-refractivity contribution >= 4 is 15.7 Å². The third-order valence-electron chi connectivity index (χ3n) is 5.02. The van der Waals surface area contributed by atoms with Crippen molar-refractivity contribution in [2.45, 2.75) is 49.1 Å². The van der Waals surface area contributed by atoms with E-state index in [9.17, 15) is 18.5 Å². The van der Waals surface area contributed by atoms with Crippen molar-refractivity contribution in [3.05, 3.63) is 34.4 Å². The molecule has 3 N–H and O–H groups in total. The quantitative estimate of drug-likeness (QED) is 0.641. The van der Waals surface area contributed by atoms with Crippen molar-refractivity contribution in [1.29, 1.82) is 0 Å². The lowest BCUT2D eigenvalue weighted by Crippen LogP contribution is -2.53. The molecule has 2 aliphatic rings. The average Bonchev–Trinajstić information content (AvgIpc) is 2.48. The number of nitrogens with zero attached hydrogens (tertiary/aromatic N) is 1. The Kier molecular flexibility index (Phi) is 4.39. The molecular formula is C15H21N3O4S. The van der Waals surface area contributed by atoms with Crippen molar-refractivity contribution in [3.8, 4) is 0 Å². The van der Waals surface area contributed by atoms with E-state index in [1.165, 1.54) is 24.3 Å². The van der Waals surface area contributed by atoms with Crippen molar-refractivity contribution in [1.82, 2.24) is 4.72 Å². The van der Waals surface area contributed by atoms with Crippen LogP contribution in [-0.2, 0) is 10.0 Å². The summed E-state index contributed by atoms with van der Waals surface area (Å²) in [6.45, 7) is 0. The Labute approximate surface area is 135 Å². The molecule has 0 saturated heterocycles. The molecule has 0 heterocycles. The van der Waals surface area contributed by atoms with Gasteiger partial charge >= 0.3 is 0 Å². The number of nitrogens with one attached hydrogen (secondary N) is 1. The Morgan fingerprint density at radius 3 is 2.39 bits per heavy atom. The van der Waals surface area contributed by atoms with Crippen LogP contribution in [0.15, 0.2) is 29.2 Å². The van der Waals surface area contributed by atoms with E-state index >= 15 is 0 Å². The Bertz CT molecular complexity index is 692. The topological polar surface area (TPSA) is 115 Å². The molecule has 2 saturated carbocycles. The molecule has 2 unspecified atom stereocenters. The van der Waals surface area contributed by atoms with E-state index in [-0.39, 0.29) is 28.8 Å². The summed E-state index contributed by atoms with van der Waals surface area (Å²) in [7, 11) is -3.93. The molecule has 23 heavy (non-hydrogen) atoms. The number of benzene rings is 1. The lowest BCUT2D eigenvalue weighted by Gasteiger charge is -2.44. The van der Waals surface area contributed by atoms with Crippen LogP contribution in [0.3, 0.4) is 0 Å². The van der Waals surface area contributed by atoms with Crippen molar-refractivity contribution in [2.24, 2.45) is 17.6 Å². The highest BCUT2D eigenvalue weighted by atomic mass is 32.2. The molecule has 2 fully saturated rings. The van der Waals surface area contributed by atoms with E-state index < -0.39 is 20.6 Å². The van der Waals surface area contributed by atoms with Crippen molar-refractivity contribution < 1.29 is 13.3 Å². The highest BCUT2D eigenvalue weighted by Crippen LogP contribution is 2.40. The second-order valence-electron chi connectivity index (χ2n) is 6.55. The average molecular weight is 339 g/mol. The maximum Gasteiger partial charge on any atom is 0.289 e. The van der Waals surface area contributed by atoms with Gasteiger partial charge in [0.1, 0.15) is 0 Å². The molecular weight excluding hydrogens is 318 g/mol. The minimum Gasteiger partial charge on any atom is -0.328 e. The number of para-hydroxylation sites is 1. The van der Waals surface area contributed by atoms with Gasteiger partial charge in [0.25, 0.3) is 5.69 Å². The largest absolute Gasteiger partial charge is 0.328 e. The summed E-state index contributed by atoms with van der Waals surface area (Å²) in [5.41, 5.74) is 5.67. The van der Waals surface area contributed by atoms with Crippen LogP contribution in [0, 0.1) is 22.0 Å². The van der Waals surface area contributed by atoms with Crippen molar-refractivity contribution in [3.63, 3.8) is 0 Å². The molecule has 0 aromatic heterocycles. The molecule has 7 nitrogen and oxygen atoms in total. The summed E-state index contributed by atoms with van der Waals surface area (Å²) in [6, 6.07) is 5.41. The van der Waals surface area contributed by atoms with Gasteiger partial charge in [-0.1, -0.05) is 18.6 Å². The Morgan fingerprint density at radius 2 is 1.78 bits per heavy atom. The second-order valence-corrected chi connectivity index (χ2v) is 8.24. The monoisotopic (exact) mass is 339 g/mol. The number of nitrogens with two attached hydrogens (primary N) is 1. The zero-order valence-corrected chi connectivity index (χ0v) is 13.5. The molecule has 0 spiro atoms. The molecule has 0 aliphatic heterocycles. The van der Waals surface area contributed by atoms with Gasteiger partial charge < -0.3 is 5.73 Å². The molecule has 3 rings (SSSR count). The smallest absolute Gasteiger partial charge is 0.289 e. The standard InChI is InChI=1S/C15H21N3O4S/c16-12-8-10-4-3-5-11(9-12)15(10)17-23(21,22)14-7-2-1-6-13(14)18(19)20/h1-2,6-7,10-12,15,17H,3-5,8-9,16H2. The fourth-order valence-electron chi connectivity index (χ4n) is 4.06. The number of nitro groups is 1. The third-order valence-corrected chi connectivity index (χ3v) is 6.53. The summed E-state index contributed by atoms with van der Waals surface area (Å²) in [5, 5.41) is 11.1. The van der Waals surface area contributed by atoms with Crippen LogP contribution >= 0.6 is 0 Å². The number of fused-ring (bicyclic) bond motifs is 2. The number of rotatable bonds is 4. The Morgan fingerprint density at radius 1 is 1.17 bits per heavy atom. The van der Waals surface area contributed by atoms with Crippen LogP contribution in [0.5, 0.6) is 0 Å². The van der Waals surface area contributed by atoms with Gasteiger partial charge in [-0.25, -0.2) is 13.1 Å². The molecule has 2 aliphatic carbocycles. The van der Waals surface area contributed by atoms with Gasteiger partial charge in [0.05, 0.1) is 4.92 Å². The van der Waals surface area contributed by atoms with Crippen molar-refractivity contribution in [2.75, 3.05) is 0 Å². The molecule has 0 amide bonds. The van der Waals surface area contributed by atoms with Gasteiger partial charge in [-0.15, -0.1) is 0 Å². The van der Waals surface area contributed by atoms with E-state index in [0.29, 0.717) is 0 Å². The van der Waals surface area contributed by atoms with E-state index in [4.69, 9.17) is 5.73 Å². The van der Waals surface area contributed by atoms with Gasteiger partial charge in [0.2, 0.25) is 10.0 Å². The minimum absolute atomic E-state index is 0.122. The molecule has 1 aromatic carbocycles. The Balaban J connectivity index is 1.89. The summed E-state index contributed by atoms with van der Waals surface area (Å²) in [5.74, 6) is 0.435. The normalized spacial score (nSPS) is 30.8. The summed E-state index contributed by atoms with van der Waals surface area (Å²) >= 11 is 0. The van der Waals surface area contributed by atoms with Gasteiger partial charge in [0.15, 0.2) is 4.90 Å². The van der Waals surface area contributed by atoms with Crippen LogP contribution in [-0.4, -0.2) is 25.4 Å². The fourth-order valence-corrected chi connectivity index (χ4v) is 5.61. The maximum absolute atomic E-state index is 12.7. The first kappa shape index (κ1) is 16.4. The number of nitro benzene ring substituents is 1. The number of sulfonamides is 1. The summed E-state index contributed by atoms with van der Waals surface area (Å²) in [6.07, 6.45) is 4.61. The number of hydrogen-bond donors (Lipinski definition) is 2. The highest BCUT2D eigenvalue weighted by molar-refractivity contribution is 7.89. The predicted octanol–water partition coefficient (Wildman–Crippen LogP) is 1.78. The Hall–Kier alpha value is -1.51. The zero-order valence-electron chi connectivity index (χ0n) is 12.7. The van der Waals surface area contributed by atoms with E-state index in [0.717, 1.165) is 32.1 Å². The molecule has 1 aromatic rings. The minimum atomic E-state index is -3.93. The maximum atomic E-state index is 12.7.